The van der Waals surface area contributed by atoms with Crippen LogP contribution in [0, 0.1) is 6.92 Å². The first-order valence-corrected chi connectivity index (χ1v) is 9.27. The highest BCUT2D eigenvalue weighted by molar-refractivity contribution is 5.50. The SMILES string of the molecule is CC.CC.CCn1nc(C)cc1-c1nncn1Cc1ccc(OC)cc1. The van der Waals surface area contributed by atoms with Crippen LogP contribution in [0.15, 0.2) is 36.7 Å². The van der Waals surface area contributed by atoms with Gasteiger partial charge in [0.05, 0.1) is 19.3 Å². The summed E-state index contributed by atoms with van der Waals surface area (Å²) in [7, 11) is 1.67. The molecule has 0 amide bonds. The van der Waals surface area contributed by atoms with Crippen LogP contribution in [-0.4, -0.2) is 31.7 Å². The molecule has 6 heteroatoms. The van der Waals surface area contributed by atoms with Gasteiger partial charge in [0.15, 0.2) is 5.82 Å². The van der Waals surface area contributed by atoms with Crippen LogP contribution in [0.3, 0.4) is 0 Å². The lowest BCUT2D eigenvalue weighted by atomic mass is 10.2. The average Bonchev–Trinajstić information content (AvgIpc) is 3.31. The van der Waals surface area contributed by atoms with E-state index in [0.29, 0.717) is 6.54 Å². The molecular weight excluding hydrogens is 326 g/mol. The van der Waals surface area contributed by atoms with Crippen LogP contribution in [0.5, 0.6) is 5.75 Å². The highest BCUT2D eigenvalue weighted by Crippen LogP contribution is 2.20. The van der Waals surface area contributed by atoms with E-state index in [1.54, 1.807) is 13.4 Å². The topological polar surface area (TPSA) is 57.8 Å². The van der Waals surface area contributed by atoms with E-state index in [9.17, 15) is 0 Å². The number of aryl methyl sites for hydroxylation is 2. The van der Waals surface area contributed by atoms with Crippen molar-refractivity contribution in [3.63, 3.8) is 0 Å². The number of nitrogens with zero attached hydrogens (tertiary/aromatic N) is 5. The van der Waals surface area contributed by atoms with E-state index >= 15 is 0 Å². The summed E-state index contributed by atoms with van der Waals surface area (Å²) in [5, 5.41) is 12.8. The van der Waals surface area contributed by atoms with E-state index in [0.717, 1.165) is 29.5 Å². The molecule has 6 nitrogen and oxygen atoms in total. The predicted octanol–water partition coefficient (Wildman–Crippen LogP) is 4.58. The maximum Gasteiger partial charge on any atom is 0.182 e. The predicted molar refractivity (Wildman–Crippen MR) is 106 cm³/mol. The van der Waals surface area contributed by atoms with Crippen LogP contribution in [0.2, 0.25) is 0 Å². The Kier molecular flexibility index (Phi) is 9.12. The van der Waals surface area contributed by atoms with Crippen molar-refractivity contribution in [1.82, 2.24) is 24.5 Å². The molecule has 0 fully saturated rings. The molecular formula is C20H31N5O. The zero-order valence-corrected chi connectivity index (χ0v) is 17.0. The third-order valence-corrected chi connectivity index (χ3v) is 3.56. The van der Waals surface area contributed by atoms with Crippen LogP contribution in [-0.2, 0) is 13.1 Å². The van der Waals surface area contributed by atoms with Crippen LogP contribution in [0.1, 0.15) is 45.9 Å². The minimum absolute atomic E-state index is 0.709. The molecule has 0 spiro atoms. The summed E-state index contributed by atoms with van der Waals surface area (Å²) in [5.74, 6) is 1.69. The molecule has 3 rings (SSSR count). The number of hydrogen-bond donors (Lipinski definition) is 0. The van der Waals surface area contributed by atoms with Gasteiger partial charge in [0.25, 0.3) is 0 Å². The second-order valence-electron chi connectivity index (χ2n) is 5.12. The van der Waals surface area contributed by atoms with Gasteiger partial charge in [-0.2, -0.15) is 5.10 Å². The van der Waals surface area contributed by atoms with Gasteiger partial charge in [-0.1, -0.05) is 39.8 Å². The first kappa shape index (κ1) is 21.4. The standard InChI is InChI=1S/C16H19N5O.2C2H6/c1-4-21-15(9-12(2)19-21)16-18-17-11-20(16)10-13-5-7-14(22-3)8-6-13;2*1-2/h5-9,11H,4,10H2,1-3H3;2*1-2H3. The molecule has 3 aromatic rings. The Labute approximate surface area is 156 Å². The van der Waals surface area contributed by atoms with Crippen LogP contribution >= 0.6 is 0 Å². The Bertz CT molecular complexity index is 759. The molecule has 0 N–H and O–H groups in total. The summed E-state index contributed by atoms with van der Waals surface area (Å²) in [5.41, 5.74) is 3.14. The summed E-state index contributed by atoms with van der Waals surface area (Å²) in [4.78, 5) is 0. The van der Waals surface area contributed by atoms with Crippen molar-refractivity contribution in [1.29, 1.82) is 0 Å². The molecule has 142 valence electrons. The first-order valence-electron chi connectivity index (χ1n) is 9.27. The van der Waals surface area contributed by atoms with Crippen LogP contribution in [0.25, 0.3) is 11.5 Å². The quantitative estimate of drug-likeness (QED) is 0.671. The fourth-order valence-corrected chi connectivity index (χ4v) is 2.46. The minimum Gasteiger partial charge on any atom is -0.497 e. The van der Waals surface area contributed by atoms with Crippen LogP contribution < -0.4 is 4.74 Å². The fraction of sp³-hybridized carbons (Fsp3) is 0.450. The lowest BCUT2D eigenvalue weighted by Gasteiger charge is -2.08. The van der Waals surface area contributed by atoms with E-state index in [1.165, 1.54) is 5.56 Å². The largest absolute Gasteiger partial charge is 0.497 e. The Morgan fingerprint density at radius 3 is 2.27 bits per heavy atom. The van der Waals surface area contributed by atoms with Gasteiger partial charge in [-0.15, -0.1) is 10.2 Å². The normalized spacial score (nSPS) is 9.65. The molecule has 1 aromatic carbocycles. The number of rotatable bonds is 5. The molecule has 26 heavy (non-hydrogen) atoms. The molecule has 0 aliphatic carbocycles. The zero-order valence-electron chi connectivity index (χ0n) is 17.0. The maximum absolute atomic E-state index is 5.19. The van der Waals surface area contributed by atoms with Crippen molar-refractivity contribution in [2.45, 2.75) is 54.6 Å². The van der Waals surface area contributed by atoms with Gasteiger partial charge in [0.1, 0.15) is 17.8 Å². The highest BCUT2D eigenvalue weighted by atomic mass is 16.5. The first-order chi connectivity index (χ1) is 12.7. The van der Waals surface area contributed by atoms with Gasteiger partial charge in [-0.3, -0.25) is 4.68 Å². The minimum atomic E-state index is 0.709. The van der Waals surface area contributed by atoms with Gasteiger partial charge in [0.2, 0.25) is 0 Å². The number of ether oxygens (including phenoxy) is 1. The smallest absolute Gasteiger partial charge is 0.182 e. The van der Waals surface area contributed by atoms with Gasteiger partial charge < -0.3 is 9.30 Å². The van der Waals surface area contributed by atoms with Gasteiger partial charge in [-0.25, -0.2) is 0 Å². The number of methoxy groups -OCH3 is 1. The van der Waals surface area contributed by atoms with E-state index in [1.807, 2.05) is 74.2 Å². The van der Waals surface area contributed by atoms with Crippen molar-refractivity contribution in [3.05, 3.63) is 47.9 Å². The zero-order chi connectivity index (χ0) is 19.5. The number of hydrogen-bond acceptors (Lipinski definition) is 4. The highest BCUT2D eigenvalue weighted by Gasteiger charge is 2.13. The Morgan fingerprint density at radius 1 is 1.04 bits per heavy atom. The molecule has 0 aliphatic heterocycles. The van der Waals surface area contributed by atoms with Crippen molar-refractivity contribution in [3.8, 4) is 17.3 Å². The Hall–Kier alpha value is -2.63. The molecule has 0 atom stereocenters. The molecule has 2 heterocycles. The lowest BCUT2D eigenvalue weighted by Crippen LogP contribution is -2.06. The van der Waals surface area contributed by atoms with Gasteiger partial charge in [0, 0.05) is 6.54 Å². The summed E-state index contributed by atoms with van der Waals surface area (Å²) in [6.07, 6.45) is 1.75. The summed E-state index contributed by atoms with van der Waals surface area (Å²) >= 11 is 0. The monoisotopic (exact) mass is 357 g/mol. The second kappa shape index (κ2) is 11.1. The molecule has 0 saturated carbocycles. The molecule has 0 bridgehead atoms. The number of benzene rings is 1. The van der Waals surface area contributed by atoms with E-state index < -0.39 is 0 Å². The Balaban J connectivity index is 0.000000791. The second-order valence-corrected chi connectivity index (χ2v) is 5.12. The Morgan fingerprint density at radius 2 is 1.69 bits per heavy atom. The van der Waals surface area contributed by atoms with E-state index in [-0.39, 0.29) is 0 Å². The molecule has 0 unspecified atom stereocenters. The fourth-order valence-electron chi connectivity index (χ4n) is 2.46. The summed E-state index contributed by atoms with van der Waals surface area (Å²) in [6, 6.07) is 10.0. The van der Waals surface area contributed by atoms with Crippen LogP contribution in [0.4, 0.5) is 0 Å². The van der Waals surface area contributed by atoms with Gasteiger partial charge >= 0.3 is 0 Å². The van der Waals surface area contributed by atoms with Crippen molar-refractivity contribution in [2.75, 3.05) is 7.11 Å². The van der Waals surface area contributed by atoms with Gasteiger partial charge in [-0.05, 0) is 37.6 Å². The molecule has 0 aliphatic rings. The third kappa shape index (κ3) is 5.18. The molecule has 2 aromatic heterocycles. The maximum atomic E-state index is 5.19. The van der Waals surface area contributed by atoms with Crippen molar-refractivity contribution in [2.24, 2.45) is 0 Å². The van der Waals surface area contributed by atoms with E-state index in [2.05, 4.69) is 22.2 Å². The molecule has 0 saturated heterocycles. The van der Waals surface area contributed by atoms with Crippen molar-refractivity contribution < 1.29 is 4.74 Å². The van der Waals surface area contributed by atoms with Crippen molar-refractivity contribution >= 4 is 0 Å². The summed E-state index contributed by atoms with van der Waals surface area (Å²) < 4.78 is 9.17. The lowest BCUT2D eigenvalue weighted by molar-refractivity contribution is 0.414. The summed E-state index contributed by atoms with van der Waals surface area (Å²) in [6.45, 7) is 13.6. The number of aromatic nitrogens is 5. The third-order valence-electron chi connectivity index (χ3n) is 3.56. The molecule has 0 radical (unpaired) electrons. The average molecular weight is 358 g/mol. The van der Waals surface area contributed by atoms with E-state index in [4.69, 9.17) is 4.74 Å².